The first-order chi connectivity index (χ1) is 27.7. The van der Waals surface area contributed by atoms with Crippen LogP contribution in [0.1, 0.15) is 0 Å². The second kappa shape index (κ2) is 13.3. The zero-order valence-electron chi connectivity index (χ0n) is 30.1. The van der Waals surface area contributed by atoms with Crippen LogP contribution in [0.15, 0.2) is 193 Å². The van der Waals surface area contributed by atoms with Gasteiger partial charge in [0.15, 0.2) is 5.82 Å². The summed E-state index contributed by atoms with van der Waals surface area (Å²) in [6.07, 6.45) is 3.65. The fourth-order valence-corrected chi connectivity index (χ4v) is 9.15. The van der Waals surface area contributed by atoms with E-state index in [-0.39, 0.29) is 0 Å². The second-order valence-corrected chi connectivity index (χ2v) is 15.0. The first-order valence-corrected chi connectivity index (χ1v) is 19.5. The number of pyridine rings is 1. The minimum absolute atomic E-state index is 0.674. The van der Waals surface area contributed by atoms with E-state index in [4.69, 9.17) is 14.4 Å². The molecule has 0 spiro atoms. The summed E-state index contributed by atoms with van der Waals surface area (Å²) in [5, 5.41) is 4.78. The minimum atomic E-state index is 0.674. The van der Waals surface area contributed by atoms with Gasteiger partial charge in [0.05, 0.1) is 11.4 Å². The van der Waals surface area contributed by atoms with Crippen molar-refractivity contribution in [1.82, 2.24) is 15.0 Å². The van der Waals surface area contributed by atoms with E-state index in [2.05, 4.69) is 145 Å². The number of nitrogens with zero attached hydrogens (tertiary/aromatic N) is 3. The monoisotopic (exact) mass is 733 g/mol. The summed E-state index contributed by atoms with van der Waals surface area (Å²) in [5.41, 5.74) is 13.3. The van der Waals surface area contributed by atoms with E-state index in [0.29, 0.717) is 5.82 Å². The summed E-state index contributed by atoms with van der Waals surface area (Å²) in [6.45, 7) is 0. The van der Waals surface area contributed by atoms with Gasteiger partial charge in [0.1, 0.15) is 11.2 Å². The lowest BCUT2D eigenvalue weighted by molar-refractivity contribution is 0.670. The van der Waals surface area contributed by atoms with Crippen molar-refractivity contribution in [3.05, 3.63) is 188 Å². The first kappa shape index (κ1) is 32.2. The van der Waals surface area contributed by atoms with Gasteiger partial charge in [0, 0.05) is 71.2 Å². The van der Waals surface area contributed by atoms with E-state index in [1.54, 1.807) is 0 Å². The zero-order chi connectivity index (χ0) is 37.0. The molecule has 0 saturated heterocycles. The number of rotatable bonds is 6. The summed E-state index contributed by atoms with van der Waals surface area (Å²) in [7, 11) is 0. The van der Waals surface area contributed by atoms with E-state index in [1.165, 1.54) is 25.7 Å². The summed E-state index contributed by atoms with van der Waals surface area (Å²) in [4.78, 5) is 14.5. The Bertz CT molecular complexity index is 3240. The van der Waals surface area contributed by atoms with Gasteiger partial charge < -0.3 is 4.42 Å². The normalized spacial score (nSPS) is 11.6. The third-order valence-corrected chi connectivity index (χ3v) is 11.9. The number of fused-ring (bicyclic) bond motifs is 6. The van der Waals surface area contributed by atoms with Crippen LogP contribution in [-0.2, 0) is 0 Å². The highest BCUT2D eigenvalue weighted by atomic mass is 32.1. The molecule has 56 heavy (non-hydrogen) atoms. The molecule has 11 aromatic rings. The van der Waals surface area contributed by atoms with Gasteiger partial charge in [0.2, 0.25) is 0 Å². The molecule has 0 radical (unpaired) electrons. The van der Waals surface area contributed by atoms with Crippen molar-refractivity contribution in [2.75, 3.05) is 0 Å². The number of benzene rings is 7. The fourth-order valence-electron chi connectivity index (χ4n) is 7.92. The first-order valence-electron chi connectivity index (χ1n) is 18.7. The molecular weight excluding hydrogens is 703 g/mol. The standard InChI is InChI=1S/C51H31N3OS/c1-2-10-34(11-3-1)44-31-45(37-13-8-12-36(30-37)32-26-28-52-29-27-32)54-51(53-44)35-22-20-33(21-23-35)38-24-25-40(49-48(38)43-15-4-6-18-46(43)55-49)42-17-9-16-41-39-14-5-7-19-47(39)56-50(41)42/h1-31H. The van der Waals surface area contributed by atoms with Gasteiger partial charge in [-0.25, -0.2) is 9.97 Å². The maximum atomic E-state index is 6.74. The van der Waals surface area contributed by atoms with Crippen LogP contribution in [0.25, 0.3) is 109 Å². The quantitative estimate of drug-likeness (QED) is 0.171. The number of aromatic nitrogens is 3. The molecule has 5 heteroatoms. The van der Waals surface area contributed by atoms with Gasteiger partial charge in [-0.05, 0) is 64.7 Å². The Morgan fingerprint density at radius 3 is 1.93 bits per heavy atom. The molecule has 0 unspecified atom stereocenters. The van der Waals surface area contributed by atoms with Crippen LogP contribution in [-0.4, -0.2) is 15.0 Å². The molecule has 0 N–H and O–H groups in total. The largest absolute Gasteiger partial charge is 0.455 e. The lowest BCUT2D eigenvalue weighted by atomic mass is 9.93. The Hall–Kier alpha value is -7.21. The summed E-state index contributed by atoms with van der Waals surface area (Å²) >= 11 is 1.84. The van der Waals surface area contributed by atoms with E-state index in [1.807, 2.05) is 60.1 Å². The van der Waals surface area contributed by atoms with Crippen LogP contribution >= 0.6 is 11.3 Å². The van der Waals surface area contributed by atoms with Crippen LogP contribution in [0.3, 0.4) is 0 Å². The molecule has 0 atom stereocenters. The van der Waals surface area contributed by atoms with Crippen molar-refractivity contribution in [3.8, 4) is 67.3 Å². The molecule has 4 nitrogen and oxygen atoms in total. The molecule has 4 aromatic heterocycles. The SMILES string of the molecule is c1ccc(-c2cc(-c3cccc(-c4ccncc4)c3)nc(-c3ccc(-c4ccc(-c5cccc6c5sc5ccccc56)c5oc6ccccc6c45)cc3)n2)cc1. The van der Waals surface area contributed by atoms with Crippen molar-refractivity contribution in [1.29, 1.82) is 0 Å². The number of furan rings is 1. The maximum Gasteiger partial charge on any atom is 0.160 e. The molecular formula is C51H31N3OS. The van der Waals surface area contributed by atoms with Gasteiger partial charge in [0.25, 0.3) is 0 Å². The molecule has 0 aliphatic rings. The van der Waals surface area contributed by atoms with Gasteiger partial charge in [-0.2, -0.15) is 0 Å². The topological polar surface area (TPSA) is 51.8 Å². The number of hydrogen-bond acceptors (Lipinski definition) is 5. The number of hydrogen-bond donors (Lipinski definition) is 0. The van der Waals surface area contributed by atoms with Crippen LogP contribution in [0, 0.1) is 0 Å². The van der Waals surface area contributed by atoms with E-state index < -0.39 is 0 Å². The van der Waals surface area contributed by atoms with Crippen molar-refractivity contribution >= 4 is 53.4 Å². The lowest BCUT2D eigenvalue weighted by Crippen LogP contribution is -1.96. The Labute approximate surface area is 327 Å². The Morgan fingerprint density at radius 1 is 0.411 bits per heavy atom. The number of para-hydroxylation sites is 1. The average molecular weight is 734 g/mol. The lowest BCUT2D eigenvalue weighted by Gasteiger charge is -2.12. The van der Waals surface area contributed by atoms with Crippen LogP contribution in [0.4, 0.5) is 0 Å². The predicted octanol–water partition coefficient (Wildman–Crippen LogP) is 14.1. The molecule has 0 saturated carbocycles. The Morgan fingerprint density at radius 2 is 1.07 bits per heavy atom. The van der Waals surface area contributed by atoms with Crippen LogP contribution in [0.2, 0.25) is 0 Å². The molecule has 262 valence electrons. The highest BCUT2D eigenvalue weighted by Crippen LogP contribution is 2.46. The van der Waals surface area contributed by atoms with E-state index >= 15 is 0 Å². The molecule has 4 heterocycles. The summed E-state index contributed by atoms with van der Waals surface area (Å²) in [5.74, 6) is 0.674. The van der Waals surface area contributed by atoms with Crippen molar-refractivity contribution in [2.24, 2.45) is 0 Å². The van der Waals surface area contributed by atoms with Crippen molar-refractivity contribution < 1.29 is 4.42 Å². The Balaban J connectivity index is 1.04. The van der Waals surface area contributed by atoms with E-state index in [0.717, 1.165) is 77.8 Å². The fraction of sp³-hybridized carbons (Fsp3) is 0. The molecule has 0 aliphatic heterocycles. The maximum absolute atomic E-state index is 6.74. The van der Waals surface area contributed by atoms with Crippen molar-refractivity contribution in [2.45, 2.75) is 0 Å². The third-order valence-electron chi connectivity index (χ3n) is 10.6. The molecule has 0 amide bonds. The molecule has 7 aromatic carbocycles. The third kappa shape index (κ3) is 5.48. The average Bonchev–Trinajstić information content (AvgIpc) is 3.86. The van der Waals surface area contributed by atoms with Gasteiger partial charge in [-0.3, -0.25) is 4.98 Å². The minimum Gasteiger partial charge on any atom is -0.455 e. The molecule has 0 aliphatic carbocycles. The van der Waals surface area contributed by atoms with Crippen molar-refractivity contribution in [3.63, 3.8) is 0 Å². The Kier molecular flexibility index (Phi) is 7.64. The second-order valence-electron chi connectivity index (χ2n) is 14.0. The van der Waals surface area contributed by atoms with Gasteiger partial charge in [-0.1, -0.05) is 133 Å². The highest BCUT2D eigenvalue weighted by molar-refractivity contribution is 7.26. The van der Waals surface area contributed by atoms with Gasteiger partial charge in [-0.15, -0.1) is 11.3 Å². The van der Waals surface area contributed by atoms with E-state index in [9.17, 15) is 0 Å². The predicted molar refractivity (Wildman–Crippen MR) is 233 cm³/mol. The zero-order valence-corrected chi connectivity index (χ0v) is 30.9. The molecule has 0 bridgehead atoms. The summed E-state index contributed by atoms with van der Waals surface area (Å²) in [6, 6.07) is 61.7. The summed E-state index contributed by atoms with van der Waals surface area (Å²) < 4.78 is 9.31. The number of thiophene rings is 1. The molecule has 11 rings (SSSR count). The van der Waals surface area contributed by atoms with Crippen LogP contribution < -0.4 is 0 Å². The smallest absolute Gasteiger partial charge is 0.160 e. The van der Waals surface area contributed by atoms with Gasteiger partial charge >= 0.3 is 0 Å². The highest BCUT2D eigenvalue weighted by Gasteiger charge is 2.20. The molecule has 0 fully saturated rings. The van der Waals surface area contributed by atoms with Crippen LogP contribution in [0.5, 0.6) is 0 Å².